The van der Waals surface area contributed by atoms with Crippen LogP contribution in [0, 0.1) is 0 Å². The smallest absolute Gasteiger partial charge is 0.0305 e. The lowest BCUT2D eigenvalue weighted by molar-refractivity contribution is 0.943. The van der Waals surface area contributed by atoms with E-state index in [1.165, 1.54) is 32.1 Å². The van der Waals surface area contributed by atoms with E-state index in [0.717, 1.165) is 11.8 Å². The van der Waals surface area contributed by atoms with Crippen LogP contribution >= 0.6 is 0 Å². The Morgan fingerprint density at radius 3 is 1.93 bits per heavy atom. The molecule has 0 radical (unpaired) electrons. The minimum Gasteiger partial charge on any atom is -0.264 e. The van der Waals surface area contributed by atoms with Crippen LogP contribution in [0.5, 0.6) is 0 Å². The molecule has 0 aromatic carbocycles. The molecule has 74 valence electrons. The monoisotopic (exact) mass is 187 g/mol. The predicted molar refractivity (Wildman–Crippen MR) is 57.6 cm³/mol. The molecule has 3 rings (SSSR count). The van der Waals surface area contributed by atoms with E-state index in [0.29, 0.717) is 0 Å². The second-order valence-corrected chi connectivity index (χ2v) is 4.70. The molecule has 0 atom stereocenters. The van der Waals surface area contributed by atoms with Gasteiger partial charge in [-0.15, -0.1) is 0 Å². The van der Waals surface area contributed by atoms with E-state index in [1.54, 1.807) is 16.7 Å². The van der Waals surface area contributed by atoms with Crippen molar-refractivity contribution in [3.8, 4) is 0 Å². The van der Waals surface area contributed by atoms with Crippen LogP contribution in [0.4, 0.5) is 0 Å². The zero-order chi connectivity index (χ0) is 9.54. The highest BCUT2D eigenvalue weighted by Gasteiger charge is 2.31. The number of hydrogen-bond acceptors (Lipinski definition) is 1. The number of aromatic nitrogens is 1. The normalized spacial score (nSPS) is 21.2. The molecule has 1 aromatic rings. The molecular weight excluding hydrogens is 170 g/mol. The number of rotatable bonds is 3. The van der Waals surface area contributed by atoms with Crippen LogP contribution < -0.4 is 0 Å². The molecule has 0 N–H and O–H groups in total. The Kier molecular flexibility index (Phi) is 1.86. The number of pyridine rings is 1. The van der Waals surface area contributed by atoms with Gasteiger partial charge in [0.25, 0.3) is 0 Å². The summed E-state index contributed by atoms with van der Waals surface area (Å²) in [5, 5.41) is 0. The molecule has 1 heteroatoms. The molecule has 2 saturated carbocycles. The molecule has 0 aliphatic heterocycles. The standard InChI is InChI=1S/C13H17N/c1-2-11-12(9-3-4-9)7-14-8-13(11)10-5-6-10/h7-10H,2-6H2,1H3. The van der Waals surface area contributed by atoms with E-state index in [-0.39, 0.29) is 0 Å². The number of nitrogens with zero attached hydrogens (tertiary/aromatic N) is 1. The summed E-state index contributed by atoms with van der Waals surface area (Å²) in [7, 11) is 0. The summed E-state index contributed by atoms with van der Waals surface area (Å²) in [6, 6.07) is 0. The third-order valence-electron chi connectivity index (χ3n) is 3.51. The van der Waals surface area contributed by atoms with Crippen LogP contribution in [0.25, 0.3) is 0 Å². The maximum Gasteiger partial charge on any atom is 0.0305 e. The topological polar surface area (TPSA) is 12.9 Å². The Labute approximate surface area is 85.6 Å². The van der Waals surface area contributed by atoms with Crippen LogP contribution in [0.2, 0.25) is 0 Å². The van der Waals surface area contributed by atoms with Gasteiger partial charge in [-0.25, -0.2) is 0 Å². The average molecular weight is 187 g/mol. The zero-order valence-corrected chi connectivity index (χ0v) is 8.79. The van der Waals surface area contributed by atoms with Gasteiger partial charge >= 0.3 is 0 Å². The molecule has 0 saturated heterocycles. The van der Waals surface area contributed by atoms with Crippen molar-refractivity contribution < 1.29 is 0 Å². The number of hydrogen-bond donors (Lipinski definition) is 0. The second-order valence-electron chi connectivity index (χ2n) is 4.70. The summed E-state index contributed by atoms with van der Waals surface area (Å²) in [6.45, 7) is 2.28. The van der Waals surface area contributed by atoms with Gasteiger partial charge in [-0.1, -0.05) is 6.92 Å². The molecule has 2 aliphatic rings. The van der Waals surface area contributed by atoms with E-state index in [9.17, 15) is 0 Å². The van der Waals surface area contributed by atoms with E-state index >= 15 is 0 Å². The summed E-state index contributed by atoms with van der Waals surface area (Å²) in [5.74, 6) is 1.72. The van der Waals surface area contributed by atoms with Gasteiger partial charge in [-0.05, 0) is 60.6 Å². The minimum atomic E-state index is 0.858. The van der Waals surface area contributed by atoms with Crippen molar-refractivity contribution in [3.05, 3.63) is 29.1 Å². The quantitative estimate of drug-likeness (QED) is 0.706. The van der Waals surface area contributed by atoms with Crippen molar-refractivity contribution >= 4 is 0 Å². The third kappa shape index (κ3) is 1.35. The first-order valence-electron chi connectivity index (χ1n) is 5.86. The highest BCUT2D eigenvalue weighted by atomic mass is 14.6. The molecule has 1 nitrogen and oxygen atoms in total. The summed E-state index contributed by atoms with van der Waals surface area (Å²) in [6.07, 6.45) is 11.0. The summed E-state index contributed by atoms with van der Waals surface area (Å²) in [5.41, 5.74) is 4.76. The van der Waals surface area contributed by atoms with Crippen molar-refractivity contribution in [1.82, 2.24) is 4.98 Å². The summed E-state index contributed by atoms with van der Waals surface area (Å²) < 4.78 is 0. The Hall–Kier alpha value is -0.850. The van der Waals surface area contributed by atoms with Gasteiger partial charge in [0.1, 0.15) is 0 Å². The Balaban J connectivity index is 2.05. The van der Waals surface area contributed by atoms with Gasteiger partial charge in [0, 0.05) is 12.4 Å². The average Bonchev–Trinajstić information content (AvgIpc) is 3.04. The van der Waals surface area contributed by atoms with Crippen LogP contribution in [0.1, 0.15) is 61.1 Å². The van der Waals surface area contributed by atoms with Crippen LogP contribution in [0.3, 0.4) is 0 Å². The molecule has 0 bridgehead atoms. The lowest BCUT2D eigenvalue weighted by Crippen LogP contribution is -1.98. The second kappa shape index (κ2) is 3.08. The van der Waals surface area contributed by atoms with Gasteiger partial charge in [0.05, 0.1) is 0 Å². The van der Waals surface area contributed by atoms with Gasteiger partial charge < -0.3 is 0 Å². The van der Waals surface area contributed by atoms with Gasteiger partial charge in [0.2, 0.25) is 0 Å². The van der Waals surface area contributed by atoms with Gasteiger partial charge in [-0.3, -0.25) is 4.98 Å². The van der Waals surface area contributed by atoms with Crippen molar-refractivity contribution in [3.63, 3.8) is 0 Å². The Morgan fingerprint density at radius 1 is 1.07 bits per heavy atom. The highest BCUT2D eigenvalue weighted by Crippen LogP contribution is 2.47. The molecular formula is C13H17N. The Morgan fingerprint density at radius 2 is 1.57 bits per heavy atom. The largest absolute Gasteiger partial charge is 0.264 e. The maximum absolute atomic E-state index is 4.42. The van der Waals surface area contributed by atoms with Crippen LogP contribution in [0.15, 0.2) is 12.4 Å². The first-order valence-corrected chi connectivity index (χ1v) is 5.86. The van der Waals surface area contributed by atoms with Crippen molar-refractivity contribution in [1.29, 1.82) is 0 Å². The lowest BCUT2D eigenvalue weighted by atomic mass is 9.96. The van der Waals surface area contributed by atoms with Crippen LogP contribution in [-0.2, 0) is 6.42 Å². The lowest BCUT2D eigenvalue weighted by Gasteiger charge is -2.11. The fraction of sp³-hybridized carbons (Fsp3) is 0.615. The third-order valence-corrected chi connectivity index (χ3v) is 3.51. The molecule has 2 aliphatic carbocycles. The molecule has 0 amide bonds. The molecule has 1 aromatic heterocycles. The molecule has 1 heterocycles. The first-order chi connectivity index (χ1) is 6.90. The molecule has 0 spiro atoms. The van der Waals surface area contributed by atoms with Crippen molar-refractivity contribution in [2.24, 2.45) is 0 Å². The maximum atomic E-state index is 4.42. The Bertz CT molecular complexity index is 318. The van der Waals surface area contributed by atoms with Crippen LogP contribution in [-0.4, -0.2) is 4.98 Å². The van der Waals surface area contributed by atoms with Gasteiger partial charge in [0.15, 0.2) is 0 Å². The van der Waals surface area contributed by atoms with E-state index in [4.69, 9.17) is 0 Å². The summed E-state index contributed by atoms with van der Waals surface area (Å²) in [4.78, 5) is 4.42. The van der Waals surface area contributed by atoms with E-state index < -0.39 is 0 Å². The minimum absolute atomic E-state index is 0.858. The van der Waals surface area contributed by atoms with Crippen molar-refractivity contribution in [2.75, 3.05) is 0 Å². The van der Waals surface area contributed by atoms with E-state index in [1.807, 2.05) is 0 Å². The zero-order valence-electron chi connectivity index (χ0n) is 8.79. The van der Waals surface area contributed by atoms with Gasteiger partial charge in [-0.2, -0.15) is 0 Å². The fourth-order valence-corrected chi connectivity index (χ4v) is 2.42. The molecule has 2 fully saturated rings. The van der Waals surface area contributed by atoms with E-state index in [2.05, 4.69) is 24.3 Å². The SMILES string of the molecule is CCc1c(C2CC2)cncc1C1CC1. The molecule has 14 heavy (non-hydrogen) atoms. The summed E-state index contributed by atoms with van der Waals surface area (Å²) >= 11 is 0. The first kappa shape index (κ1) is 8.46. The highest BCUT2D eigenvalue weighted by molar-refractivity contribution is 5.40. The van der Waals surface area contributed by atoms with Crippen molar-refractivity contribution in [2.45, 2.75) is 50.9 Å². The molecule has 0 unspecified atom stereocenters. The fourth-order valence-electron chi connectivity index (χ4n) is 2.42. The predicted octanol–water partition coefficient (Wildman–Crippen LogP) is 3.40.